The molecule has 7 N–H and O–H groups in total. The molecule has 0 bridgehead atoms. The zero-order chi connectivity index (χ0) is 41.3. The molecule has 0 radical (unpaired) electrons. The summed E-state index contributed by atoms with van der Waals surface area (Å²) < 4.78 is 110. The molecular weight excluding hydrogens is 876 g/mol. The Morgan fingerprint density at radius 1 is 0.617 bits per heavy atom. The van der Waals surface area contributed by atoms with Crippen LogP contribution in [0.5, 0.6) is 0 Å². The van der Waals surface area contributed by atoms with E-state index < -0.39 is 84.8 Å². The minimum absolute atomic E-state index is 0. The Bertz CT molecular complexity index is 2910. The van der Waals surface area contributed by atoms with E-state index in [2.05, 4.69) is 36.6 Å². The maximum atomic E-state index is 13.7. The summed E-state index contributed by atoms with van der Waals surface area (Å²) in [5.74, 6) is -1.67. The summed E-state index contributed by atoms with van der Waals surface area (Å²) in [5, 5.41) is 18.1. The standard InChI is InChI=1S/C34H27N9O11S3.3Na/c35-19-6-12-24(26(44)16-19)41-38-22-9-7-20(8-10-22)37-25-13-11-23(17-27(25)55(46,47)48)40-42-32-28(56(49,50)51)14-18-15-29(57(52,53)54)33(34(45)30(18)31(32)36)43-39-21-4-2-1-3-5-21;;;/h1-17,37-39H,35-36H2,(H,46,47,48)(H,49,50,51)(H,52,53,54);;;/q;3*+1/p-3/b41-24+,42-40?,43-33-;;;. The van der Waals surface area contributed by atoms with Crippen LogP contribution in [0.4, 0.5) is 39.8 Å². The van der Waals surface area contributed by atoms with Crippen molar-refractivity contribution in [3.8, 4) is 0 Å². The third-order valence-corrected chi connectivity index (χ3v) is 10.4. The van der Waals surface area contributed by atoms with Gasteiger partial charge in [-0.2, -0.15) is 15.3 Å². The molecule has 0 aliphatic heterocycles. The van der Waals surface area contributed by atoms with E-state index in [-0.39, 0.29) is 117 Å². The van der Waals surface area contributed by atoms with E-state index in [1.54, 1.807) is 18.2 Å². The van der Waals surface area contributed by atoms with Gasteiger partial charge in [-0.3, -0.25) is 20.4 Å². The van der Waals surface area contributed by atoms with E-state index in [0.717, 1.165) is 12.1 Å². The molecule has 60 heavy (non-hydrogen) atoms. The fraction of sp³-hybridized carbons (Fsp3) is 0. The number of ketones is 2. The van der Waals surface area contributed by atoms with Gasteiger partial charge in [0, 0.05) is 17.5 Å². The van der Waals surface area contributed by atoms with E-state index in [1.165, 1.54) is 60.7 Å². The van der Waals surface area contributed by atoms with Crippen molar-refractivity contribution in [3.05, 3.63) is 119 Å². The maximum Gasteiger partial charge on any atom is 1.00 e. The fourth-order valence-electron chi connectivity index (χ4n) is 5.24. The number of nitrogens with one attached hydrogen (secondary N) is 3. The van der Waals surface area contributed by atoms with Gasteiger partial charge in [-0.05, 0) is 84.5 Å². The molecule has 2 aliphatic rings. The van der Waals surface area contributed by atoms with Crippen molar-refractivity contribution < 1.29 is 137 Å². The fourth-order valence-corrected chi connectivity index (χ4v) is 7.20. The molecule has 292 valence electrons. The third kappa shape index (κ3) is 11.9. The molecule has 0 saturated carbocycles. The molecule has 0 spiro atoms. The second kappa shape index (κ2) is 20.3. The number of fused-ring (bicyclic) bond motifs is 1. The molecule has 6 rings (SSSR count). The molecule has 0 saturated heterocycles. The van der Waals surface area contributed by atoms with Gasteiger partial charge in [0.25, 0.3) is 0 Å². The third-order valence-electron chi connectivity index (χ3n) is 7.86. The Labute approximate surface area is 408 Å². The summed E-state index contributed by atoms with van der Waals surface area (Å²) in [6.45, 7) is 0. The summed E-state index contributed by atoms with van der Waals surface area (Å²) >= 11 is 0. The summed E-state index contributed by atoms with van der Waals surface area (Å²) in [6.07, 6.45) is 4.76. The molecule has 20 nitrogen and oxygen atoms in total. The number of nitrogen functional groups attached to an aromatic ring is 1. The average Bonchev–Trinajstić information content (AvgIpc) is 3.13. The van der Waals surface area contributed by atoms with Crippen LogP contribution in [0.2, 0.25) is 0 Å². The molecule has 26 heteroatoms. The van der Waals surface area contributed by atoms with Gasteiger partial charge in [-0.1, -0.05) is 18.2 Å². The minimum atomic E-state index is -5.50. The van der Waals surface area contributed by atoms with Crippen LogP contribution in [-0.2, 0) is 35.1 Å². The van der Waals surface area contributed by atoms with Crippen LogP contribution < -0.4 is 116 Å². The second-order valence-electron chi connectivity index (χ2n) is 11.8. The summed E-state index contributed by atoms with van der Waals surface area (Å²) in [5.41, 5.74) is 14.0. The number of azo groups is 1. The number of benzene rings is 4. The largest absolute Gasteiger partial charge is 1.00 e. The number of rotatable bonds is 11. The number of carbonyl (C=O) groups is 2. The number of hydrogen-bond donors (Lipinski definition) is 5. The molecule has 0 heterocycles. The predicted octanol–water partition coefficient (Wildman–Crippen LogP) is -5.45. The number of nitrogens with zero attached hydrogens (tertiary/aromatic N) is 4. The number of para-hydroxylation sites is 1. The van der Waals surface area contributed by atoms with Gasteiger partial charge in [-0.25, -0.2) is 25.3 Å². The van der Waals surface area contributed by atoms with E-state index in [9.17, 15) is 48.5 Å². The van der Waals surface area contributed by atoms with E-state index >= 15 is 0 Å². The monoisotopic (exact) mass is 899 g/mol. The Hall–Kier alpha value is -3.89. The molecule has 0 amide bonds. The zero-order valence-electron chi connectivity index (χ0n) is 31.5. The van der Waals surface area contributed by atoms with E-state index in [1.807, 2.05) is 0 Å². The van der Waals surface area contributed by atoms with Crippen LogP contribution >= 0.6 is 0 Å². The van der Waals surface area contributed by atoms with Crippen molar-refractivity contribution in [2.45, 2.75) is 9.79 Å². The number of nitrogens with two attached hydrogens (primary N) is 2. The average molecular weight is 900 g/mol. The zero-order valence-corrected chi connectivity index (χ0v) is 39.9. The smallest absolute Gasteiger partial charge is 0.744 e. The van der Waals surface area contributed by atoms with Crippen molar-refractivity contribution in [2.24, 2.45) is 26.2 Å². The van der Waals surface area contributed by atoms with Gasteiger partial charge >= 0.3 is 88.7 Å². The van der Waals surface area contributed by atoms with Crippen LogP contribution in [0.25, 0.3) is 6.08 Å². The van der Waals surface area contributed by atoms with Crippen LogP contribution in [0, 0.1) is 0 Å². The first-order valence-corrected chi connectivity index (χ1v) is 20.0. The van der Waals surface area contributed by atoms with Crippen molar-refractivity contribution in [3.63, 3.8) is 0 Å². The second-order valence-corrected chi connectivity index (χ2v) is 15.8. The first-order valence-electron chi connectivity index (χ1n) is 15.8. The van der Waals surface area contributed by atoms with Crippen molar-refractivity contribution >= 4 is 99.2 Å². The Morgan fingerprint density at radius 2 is 1.22 bits per heavy atom. The van der Waals surface area contributed by atoms with Gasteiger partial charge < -0.3 is 30.4 Å². The molecule has 2 aliphatic carbocycles. The van der Waals surface area contributed by atoms with Gasteiger partial charge in [0.2, 0.25) is 11.6 Å². The molecule has 0 fully saturated rings. The van der Waals surface area contributed by atoms with Crippen LogP contribution in [-0.4, -0.2) is 61.9 Å². The number of hydrogen-bond acceptors (Lipinski definition) is 20. The van der Waals surface area contributed by atoms with Crippen molar-refractivity contribution in [2.75, 3.05) is 21.9 Å². The number of carbonyl (C=O) groups excluding carboxylic acids is 2. The van der Waals surface area contributed by atoms with Crippen molar-refractivity contribution in [1.29, 1.82) is 0 Å². The number of hydrazone groups is 2. The van der Waals surface area contributed by atoms with Gasteiger partial charge in [-0.15, -0.1) is 5.11 Å². The number of allylic oxidation sites excluding steroid dienone is 4. The first-order chi connectivity index (χ1) is 26.8. The minimum Gasteiger partial charge on any atom is -0.744 e. The number of Topliss-reactive ketones (excluding diaryl/α,β-unsaturated/α-hetero) is 1. The summed E-state index contributed by atoms with van der Waals surface area (Å²) in [6, 6.07) is 17.6. The predicted molar refractivity (Wildman–Crippen MR) is 204 cm³/mol. The first kappa shape index (κ1) is 50.5. The van der Waals surface area contributed by atoms with Gasteiger partial charge in [0.1, 0.15) is 47.5 Å². The molecule has 0 aromatic heterocycles. The SMILES string of the molecule is NC1=CC(=O)/C(=N/Nc2ccc(Nc3ccc(N=Nc4c(S(=O)(=O)[O-])cc5c(c4N)C(=O)/C(=N\Nc4ccccc4)C(S(=O)(=O)[O-])=C5)cc3S(=O)(=O)[O-])cc2)C=C1.[Na+].[Na+].[Na+]. The van der Waals surface area contributed by atoms with Gasteiger partial charge in [0.05, 0.1) is 48.7 Å². The Balaban J connectivity index is 0.00000320. The van der Waals surface area contributed by atoms with Crippen molar-refractivity contribution in [1.82, 2.24) is 0 Å². The molecule has 4 aromatic rings. The quantitative estimate of drug-likeness (QED) is 0.0234. The normalized spacial score (nSPS) is 15.2. The Kier molecular flexibility index (Phi) is 17.1. The summed E-state index contributed by atoms with van der Waals surface area (Å²) in [4.78, 5) is 22.5. The van der Waals surface area contributed by atoms with Crippen LogP contribution in [0.1, 0.15) is 15.9 Å². The van der Waals surface area contributed by atoms with Crippen LogP contribution in [0.15, 0.2) is 138 Å². The topological polar surface area (TPSA) is 343 Å². The van der Waals surface area contributed by atoms with E-state index in [0.29, 0.717) is 23.5 Å². The Morgan fingerprint density at radius 3 is 1.82 bits per heavy atom. The number of anilines is 5. The molecular formula is C34H24N9Na3O11S3. The molecule has 0 unspecified atom stereocenters. The van der Waals surface area contributed by atoms with E-state index in [4.69, 9.17) is 11.5 Å². The maximum absolute atomic E-state index is 13.7. The molecule has 4 aromatic carbocycles. The van der Waals surface area contributed by atoms with Gasteiger partial charge in [0.15, 0.2) is 0 Å². The molecule has 0 atom stereocenters. The van der Waals surface area contributed by atoms with Crippen LogP contribution in [0.3, 0.4) is 0 Å². The summed E-state index contributed by atoms with van der Waals surface area (Å²) in [7, 11) is -16.1.